The van der Waals surface area contributed by atoms with Crippen LogP contribution >= 0.6 is 0 Å². The Morgan fingerprint density at radius 1 is 0.121 bits per heavy atom. The van der Waals surface area contributed by atoms with E-state index in [1.165, 1.54) is 0 Å². The lowest BCUT2D eigenvalue weighted by molar-refractivity contribution is 0.0996. The number of hydrogen-bond donors (Lipinski definition) is 19. The Morgan fingerprint density at radius 3 is 0.327 bits per heavy atom. The molecule has 36 nitrogen and oxygen atoms in total. The molecule has 0 unspecified atom stereocenters. The number of likely N-dealkylation sites (N-methyl/N-ethyl adjacent to an activating group) is 1. The van der Waals surface area contributed by atoms with Gasteiger partial charge in [0, 0.05) is 340 Å². The van der Waals surface area contributed by atoms with Gasteiger partial charge in [0.25, 0.3) is 0 Å². The summed E-state index contributed by atoms with van der Waals surface area (Å²) in [5.74, 6) is 0. The minimum absolute atomic E-state index is 0.00387. The van der Waals surface area contributed by atoms with E-state index in [2.05, 4.69) is 66.3 Å². The molecule has 36 heteroatoms. The molecule has 19 N–H and O–H groups in total. The van der Waals surface area contributed by atoms with Crippen LogP contribution in [-0.2, 0) is 0 Å². The number of aliphatic hydroxyl groups excluding tert-OH is 18. The van der Waals surface area contributed by atoms with Crippen molar-refractivity contribution in [3.8, 4) is 0 Å². The summed E-state index contributed by atoms with van der Waals surface area (Å²) in [6.07, 6.45) is 0. The van der Waals surface area contributed by atoms with Crippen LogP contribution in [0.2, 0.25) is 0 Å². The highest BCUT2D eigenvalue weighted by Gasteiger charge is 2.22. The van der Waals surface area contributed by atoms with E-state index in [4.69, 9.17) is 0 Å². The summed E-state index contributed by atoms with van der Waals surface area (Å²) >= 11 is 0. The summed E-state index contributed by atoms with van der Waals surface area (Å²) < 4.78 is 0. The first-order valence-electron chi connectivity index (χ1n) is 40.2. The van der Waals surface area contributed by atoms with Crippen molar-refractivity contribution < 1.29 is 91.9 Å². The molecule has 107 heavy (non-hydrogen) atoms. The molecule has 644 valence electrons. The fourth-order valence-electron chi connectivity index (χ4n) is 12.9. The van der Waals surface area contributed by atoms with E-state index in [-0.39, 0.29) is 119 Å². The first-order chi connectivity index (χ1) is 52.2. The van der Waals surface area contributed by atoms with Gasteiger partial charge in [0.2, 0.25) is 0 Å². The molecule has 0 heterocycles. The van der Waals surface area contributed by atoms with Crippen molar-refractivity contribution >= 4 is 0 Å². The van der Waals surface area contributed by atoms with E-state index in [1.54, 1.807) is 0 Å². The summed E-state index contributed by atoms with van der Waals surface area (Å²) in [4.78, 5) is 37.4. The van der Waals surface area contributed by atoms with Gasteiger partial charge in [0.15, 0.2) is 0 Å². The minimum Gasteiger partial charge on any atom is -0.395 e. The third kappa shape index (κ3) is 59.8. The van der Waals surface area contributed by atoms with E-state index in [0.717, 1.165) is 19.6 Å². The van der Waals surface area contributed by atoms with Crippen molar-refractivity contribution in [3.05, 3.63) is 0 Å². The Bertz CT molecular complexity index is 1780. The molecule has 0 aromatic rings. The van der Waals surface area contributed by atoms with Gasteiger partial charge in [-0.1, -0.05) is 0 Å². The molecule has 0 aromatic carbocycles. The van der Waals surface area contributed by atoms with Crippen LogP contribution in [-0.4, -0.2) is 642 Å². The lowest BCUT2D eigenvalue weighted by atomic mass is 10.3. The molecule has 0 fully saturated rings. The molecule has 0 saturated heterocycles. The van der Waals surface area contributed by atoms with Crippen LogP contribution in [0, 0.1) is 0 Å². The highest BCUT2D eigenvalue weighted by molar-refractivity contribution is 4.78. The van der Waals surface area contributed by atoms with Gasteiger partial charge in [-0.3, -0.25) is 78.4 Å². The van der Waals surface area contributed by atoms with Crippen molar-refractivity contribution in [2.24, 2.45) is 0 Å². The molecule has 0 spiro atoms. The van der Waals surface area contributed by atoms with Gasteiger partial charge in [0.05, 0.1) is 119 Å². The second-order valence-electron chi connectivity index (χ2n) is 27.5. The van der Waals surface area contributed by atoms with Gasteiger partial charge in [0.1, 0.15) is 0 Å². The quantitative estimate of drug-likeness (QED) is 0.0251. The minimum atomic E-state index is -0.0709. The average Bonchev–Trinajstić information content (AvgIpc) is 0.936. The second kappa shape index (κ2) is 77.2. The van der Waals surface area contributed by atoms with Gasteiger partial charge < -0.3 is 102 Å². The van der Waals surface area contributed by atoms with Crippen LogP contribution < -0.4 is 5.32 Å². The Kier molecular flexibility index (Phi) is 76.1. The van der Waals surface area contributed by atoms with Gasteiger partial charge in [-0.25, -0.2) is 0 Å². The fourth-order valence-corrected chi connectivity index (χ4v) is 12.9. The summed E-state index contributed by atoms with van der Waals surface area (Å²) in [7, 11) is 2.07. The van der Waals surface area contributed by atoms with Crippen LogP contribution in [0.4, 0.5) is 0 Å². The maximum Gasteiger partial charge on any atom is 0.0558 e. The van der Waals surface area contributed by atoms with Crippen molar-refractivity contribution in [3.63, 3.8) is 0 Å². The summed E-state index contributed by atoms with van der Waals surface area (Å²) in [6.45, 7) is 29.2. The Balaban J connectivity index is 7.60. The highest BCUT2D eigenvalue weighted by atomic mass is 16.3. The zero-order valence-electron chi connectivity index (χ0n) is 66.6. The number of rotatable bonds is 87. The molecule has 0 rings (SSSR count). The summed E-state index contributed by atoms with van der Waals surface area (Å²) in [5, 5.41) is 183. The van der Waals surface area contributed by atoms with E-state index in [0.29, 0.717) is 321 Å². The van der Waals surface area contributed by atoms with Crippen molar-refractivity contribution in [1.29, 1.82) is 0 Å². The molecule has 0 aliphatic rings. The predicted molar refractivity (Wildman–Crippen MR) is 421 cm³/mol. The first-order valence-corrected chi connectivity index (χ1v) is 40.2. The van der Waals surface area contributed by atoms with E-state index < -0.39 is 0 Å². The molecule has 0 radical (unpaired) electrons. The largest absolute Gasteiger partial charge is 0.395 e. The molecule has 0 saturated carbocycles. The highest BCUT2D eigenvalue weighted by Crippen LogP contribution is 2.07. The molecule has 0 amide bonds. The topological polar surface area (TPSA) is 431 Å². The molecular formula is C71H162N18O18. The lowest BCUT2D eigenvalue weighted by Crippen LogP contribution is -2.49. The third-order valence-corrected chi connectivity index (χ3v) is 19.8. The third-order valence-electron chi connectivity index (χ3n) is 19.8. The Morgan fingerprint density at radius 2 is 0.206 bits per heavy atom. The molecule has 0 aliphatic carbocycles. The maximum atomic E-state index is 10.8. The SMILES string of the molecule is CN(CCN(CCO)CCO)CCN(CCN(CCO)CCO)CCN(CCN(CCO)CCN(CCN(CCO)CCO)CCN(CCO)CCN(CCO)CCO)CCN(CCO)CCN(CCN(CCO)CCN(CCO)CCO)CCN(CCNCCN(CCO)CCO)CCN(CCO)CCO. The fraction of sp³-hybridized carbons (Fsp3) is 1.00. The lowest BCUT2D eigenvalue weighted by Gasteiger charge is -2.35. The van der Waals surface area contributed by atoms with Crippen LogP contribution in [0.3, 0.4) is 0 Å². The van der Waals surface area contributed by atoms with E-state index in [1.807, 2.05) is 29.4 Å². The normalized spacial score (nSPS) is 12.8. The molecule has 0 atom stereocenters. The van der Waals surface area contributed by atoms with Gasteiger partial charge in [-0.15, -0.1) is 0 Å². The molecular weight excluding hydrogens is 1390 g/mol. The van der Waals surface area contributed by atoms with Crippen LogP contribution in [0.1, 0.15) is 0 Å². The smallest absolute Gasteiger partial charge is 0.0558 e. The van der Waals surface area contributed by atoms with Crippen molar-refractivity contribution in [2.75, 3.05) is 466 Å². The number of nitrogens with zero attached hydrogens (tertiary/aromatic N) is 17. The van der Waals surface area contributed by atoms with Gasteiger partial charge >= 0.3 is 0 Å². The first kappa shape index (κ1) is 106. The molecule has 0 aliphatic heterocycles. The van der Waals surface area contributed by atoms with E-state index in [9.17, 15) is 91.9 Å². The number of hydrogen-bond acceptors (Lipinski definition) is 36. The van der Waals surface area contributed by atoms with Crippen molar-refractivity contribution in [2.45, 2.75) is 0 Å². The van der Waals surface area contributed by atoms with Crippen LogP contribution in [0.5, 0.6) is 0 Å². The van der Waals surface area contributed by atoms with Crippen LogP contribution in [0.15, 0.2) is 0 Å². The molecule has 0 aromatic heterocycles. The average molecular weight is 1560 g/mol. The molecule has 0 bridgehead atoms. The van der Waals surface area contributed by atoms with Crippen LogP contribution in [0.25, 0.3) is 0 Å². The van der Waals surface area contributed by atoms with Gasteiger partial charge in [-0.05, 0) is 7.05 Å². The maximum absolute atomic E-state index is 10.8. The second-order valence-corrected chi connectivity index (χ2v) is 27.5. The number of nitrogens with one attached hydrogen (secondary N) is 1. The van der Waals surface area contributed by atoms with E-state index >= 15 is 0 Å². The summed E-state index contributed by atoms with van der Waals surface area (Å²) in [5.41, 5.74) is 0. The number of aliphatic hydroxyl groups is 18. The monoisotopic (exact) mass is 1560 g/mol. The van der Waals surface area contributed by atoms with Crippen molar-refractivity contribution in [1.82, 2.24) is 88.6 Å². The Hall–Kier alpha value is -1.44. The zero-order valence-corrected chi connectivity index (χ0v) is 66.6. The zero-order chi connectivity index (χ0) is 79.0. The Labute approximate surface area is 644 Å². The predicted octanol–water partition coefficient (Wildman–Crippen LogP) is -12.8. The van der Waals surface area contributed by atoms with Gasteiger partial charge in [-0.2, -0.15) is 0 Å². The summed E-state index contributed by atoms with van der Waals surface area (Å²) in [6, 6.07) is 0. The standard InChI is InChI=1S/C71H162N18O18/c1-73(7-9-84(42-60-96)43-61-97)6-8-76(21-32-86(46-64-100)47-65-101)13-14-78(18-25-81(39-57-93)26-19-79(22-33-87(48-66-102)49-67-103)20-28-83(41-59-95)30-35-89(52-70-106)53-71-107)17-24-80(38-56-92)23-15-77(16-27-82(40-58-94)29-34-88(50-68-104)51-69-105)12-10-74(11-31-85(44-62-98)45-63-99)4-2-72-3-5-75(36-54-90)37-55-91/h72,90-107H,2-71H2,1H3.